The summed E-state index contributed by atoms with van der Waals surface area (Å²) < 4.78 is 9.16. The molecule has 2 atom stereocenters. The Bertz CT molecular complexity index is 200. The van der Waals surface area contributed by atoms with Gasteiger partial charge in [-0.05, 0) is 24.7 Å². The minimum absolute atomic E-state index is 0.190. The van der Waals surface area contributed by atoms with Gasteiger partial charge in [-0.2, -0.15) is 0 Å². The minimum atomic E-state index is -0.190. The molecule has 1 saturated carbocycles. The Hall–Kier alpha value is -1.06. The van der Waals surface area contributed by atoms with E-state index in [4.69, 9.17) is 0 Å². The molecule has 1 aliphatic rings. The van der Waals surface area contributed by atoms with Crippen LogP contribution in [0.4, 0.5) is 0 Å². The Morgan fingerprint density at radius 3 is 1.57 bits per heavy atom. The molecule has 0 radical (unpaired) electrons. The van der Waals surface area contributed by atoms with Crippen molar-refractivity contribution < 1.29 is 19.1 Å². The van der Waals surface area contributed by atoms with Crippen LogP contribution in [0, 0.1) is 11.8 Å². The van der Waals surface area contributed by atoms with Gasteiger partial charge in [0, 0.05) is 12.8 Å². The van der Waals surface area contributed by atoms with Gasteiger partial charge >= 0.3 is 11.9 Å². The number of hydrogen-bond donors (Lipinski definition) is 0. The van der Waals surface area contributed by atoms with E-state index in [0.717, 1.165) is 12.8 Å². The van der Waals surface area contributed by atoms with Crippen molar-refractivity contribution in [1.29, 1.82) is 0 Å². The standard InChI is InChI=1S/C10H16O4/c1-13-9(11)5-7-3-4-8(7)6-10(12)14-2/h7-8H,3-6H2,1-2H3/t7-,8+. The van der Waals surface area contributed by atoms with Crippen LogP contribution in [0.2, 0.25) is 0 Å². The van der Waals surface area contributed by atoms with Crippen molar-refractivity contribution in [3.8, 4) is 0 Å². The normalized spacial score (nSPS) is 25.0. The fraction of sp³-hybridized carbons (Fsp3) is 0.800. The second kappa shape index (κ2) is 4.98. The van der Waals surface area contributed by atoms with E-state index >= 15 is 0 Å². The van der Waals surface area contributed by atoms with Gasteiger partial charge in [0.05, 0.1) is 14.2 Å². The fourth-order valence-electron chi connectivity index (χ4n) is 1.77. The molecule has 80 valence electrons. The summed E-state index contributed by atoms with van der Waals surface area (Å²) in [4.78, 5) is 22.0. The Labute approximate surface area is 83.6 Å². The van der Waals surface area contributed by atoms with E-state index in [9.17, 15) is 9.59 Å². The van der Waals surface area contributed by atoms with Gasteiger partial charge in [-0.15, -0.1) is 0 Å². The van der Waals surface area contributed by atoms with E-state index in [0.29, 0.717) is 24.7 Å². The molecule has 0 aliphatic heterocycles. The first-order chi connectivity index (χ1) is 6.67. The van der Waals surface area contributed by atoms with Crippen LogP contribution < -0.4 is 0 Å². The lowest BCUT2D eigenvalue weighted by atomic mass is 9.70. The number of carbonyl (C=O) groups is 2. The minimum Gasteiger partial charge on any atom is -0.469 e. The molecule has 0 N–H and O–H groups in total. The van der Waals surface area contributed by atoms with Crippen LogP contribution in [-0.2, 0) is 19.1 Å². The maximum absolute atomic E-state index is 11.0. The second-order valence-corrected chi connectivity index (χ2v) is 3.66. The topological polar surface area (TPSA) is 52.6 Å². The van der Waals surface area contributed by atoms with Crippen molar-refractivity contribution >= 4 is 11.9 Å². The molecule has 4 heteroatoms. The summed E-state index contributed by atoms with van der Waals surface area (Å²) in [7, 11) is 2.77. The lowest BCUT2D eigenvalue weighted by molar-refractivity contribution is -0.147. The van der Waals surface area contributed by atoms with Gasteiger partial charge in [-0.1, -0.05) is 0 Å². The van der Waals surface area contributed by atoms with Crippen molar-refractivity contribution in [3.63, 3.8) is 0 Å². The zero-order valence-corrected chi connectivity index (χ0v) is 8.62. The van der Waals surface area contributed by atoms with Gasteiger partial charge in [-0.3, -0.25) is 9.59 Å². The maximum atomic E-state index is 11.0. The summed E-state index contributed by atoms with van der Waals surface area (Å²) in [5.41, 5.74) is 0. The lowest BCUT2D eigenvalue weighted by Gasteiger charge is -2.35. The number of esters is 2. The van der Waals surface area contributed by atoms with E-state index in [-0.39, 0.29) is 11.9 Å². The van der Waals surface area contributed by atoms with E-state index in [2.05, 4.69) is 9.47 Å². The molecule has 1 fully saturated rings. The highest BCUT2D eigenvalue weighted by Gasteiger charge is 2.34. The monoisotopic (exact) mass is 200 g/mol. The first-order valence-corrected chi connectivity index (χ1v) is 4.81. The molecule has 0 heterocycles. The smallest absolute Gasteiger partial charge is 0.305 e. The molecule has 0 aromatic rings. The van der Waals surface area contributed by atoms with Gasteiger partial charge in [0.15, 0.2) is 0 Å². The molecule has 0 bridgehead atoms. The molecular weight excluding hydrogens is 184 g/mol. The lowest BCUT2D eigenvalue weighted by Crippen LogP contribution is -2.30. The van der Waals surface area contributed by atoms with Crippen molar-refractivity contribution in [2.45, 2.75) is 25.7 Å². The molecule has 1 aliphatic carbocycles. The zero-order chi connectivity index (χ0) is 10.6. The molecular formula is C10H16O4. The highest BCUT2D eigenvalue weighted by Crippen LogP contribution is 2.39. The Kier molecular flexibility index (Phi) is 3.92. The highest BCUT2D eigenvalue weighted by molar-refractivity contribution is 5.71. The van der Waals surface area contributed by atoms with E-state index in [1.54, 1.807) is 0 Å². The predicted molar refractivity (Wildman–Crippen MR) is 49.5 cm³/mol. The van der Waals surface area contributed by atoms with Gasteiger partial charge in [0.2, 0.25) is 0 Å². The Balaban J connectivity index is 2.28. The number of carbonyl (C=O) groups excluding carboxylic acids is 2. The van der Waals surface area contributed by atoms with Crippen LogP contribution in [0.1, 0.15) is 25.7 Å². The number of ether oxygens (including phenoxy) is 2. The number of methoxy groups -OCH3 is 2. The summed E-state index contributed by atoms with van der Waals surface area (Å²) in [6.45, 7) is 0. The molecule has 4 nitrogen and oxygen atoms in total. The van der Waals surface area contributed by atoms with Crippen LogP contribution in [0.3, 0.4) is 0 Å². The molecule has 0 aromatic carbocycles. The molecule has 0 spiro atoms. The van der Waals surface area contributed by atoms with Crippen molar-refractivity contribution in [2.75, 3.05) is 14.2 Å². The van der Waals surface area contributed by atoms with E-state index < -0.39 is 0 Å². The number of hydrogen-bond acceptors (Lipinski definition) is 4. The molecule has 1 rings (SSSR count). The van der Waals surface area contributed by atoms with Crippen LogP contribution in [0.5, 0.6) is 0 Å². The maximum Gasteiger partial charge on any atom is 0.305 e. The van der Waals surface area contributed by atoms with Crippen LogP contribution in [0.15, 0.2) is 0 Å². The summed E-state index contributed by atoms with van der Waals surface area (Å²) in [5, 5.41) is 0. The Morgan fingerprint density at radius 2 is 1.36 bits per heavy atom. The molecule has 0 saturated heterocycles. The third kappa shape index (κ3) is 2.72. The van der Waals surface area contributed by atoms with Crippen molar-refractivity contribution in [2.24, 2.45) is 11.8 Å². The van der Waals surface area contributed by atoms with Gasteiger partial charge in [-0.25, -0.2) is 0 Å². The average molecular weight is 200 g/mol. The zero-order valence-electron chi connectivity index (χ0n) is 8.62. The predicted octanol–water partition coefficient (Wildman–Crippen LogP) is 1.14. The van der Waals surface area contributed by atoms with E-state index in [1.807, 2.05) is 0 Å². The van der Waals surface area contributed by atoms with Gasteiger partial charge in [0.25, 0.3) is 0 Å². The van der Waals surface area contributed by atoms with Crippen molar-refractivity contribution in [1.82, 2.24) is 0 Å². The second-order valence-electron chi connectivity index (χ2n) is 3.66. The molecule has 14 heavy (non-hydrogen) atoms. The summed E-state index contributed by atoms with van der Waals surface area (Å²) in [6, 6.07) is 0. The first kappa shape index (κ1) is 11.0. The Morgan fingerprint density at radius 1 is 1.00 bits per heavy atom. The summed E-state index contributed by atoms with van der Waals surface area (Å²) >= 11 is 0. The van der Waals surface area contributed by atoms with Gasteiger partial charge < -0.3 is 9.47 Å². The third-order valence-corrected chi connectivity index (χ3v) is 2.89. The van der Waals surface area contributed by atoms with Crippen LogP contribution >= 0.6 is 0 Å². The summed E-state index contributed by atoms with van der Waals surface area (Å²) in [6.07, 6.45) is 2.88. The fourth-order valence-corrected chi connectivity index (χ4v) is 1.77. The average Bonchev–Trinajstić information content (AvgIpc) is 2.19. The summed E-state index contributed by atoms with van der Waals surface area (Å²) in [5.74, 6) is 0.234. The largest absolute Gasteiger partial charge is 0.469 e. The SMILES string of the molecule is COC(=O)C[C@H]1CC[C@H]1CC(=O)OC. The van der Waals surface area contributed by atoms with Crippen LogP contribution in [0.25, 0.3) is 0 Å². The number of rotatable bonds is 4. The first-order valence-electron chi connectivity index (χ1n) is 4.81. The highest BCUT2D eigenvalue weighted by atomic mass is 16.5. The van der Waals surface area contributed by atoms with Crippen LogP contribution in [-0.4, -0.2) is 26.2 Å². The van der Waals surface area contributed by atoms with E-state index in [1.165, 1.54) is 14.2 Å². The third-order valence-electron chi connectivity index (χ3n) is 2.89. The molecule has 0 amide bonds. The van der Waals surface area contributed by atoms with Crippen molar-refractivity contribution in [3.05, 3.63) is 0 Å². The quantitative estimate of drug-likeness (QED) is 0.638. The molecule has 0 aromatic heterocycles. The molecule has 0 unspecified atom stereocenters. The van der Waals surface area contributed by atoms with Gasteiger partial charge in [0.1, 0.15) is 0 Å².